The van der Waals surface area contributed by atoms with Gasteiger partial charge in [-0.2, -0.15) is 0 Å². The summed E-state index contributed by atoms with van der Waals surface area (Å²) in [7, 11) is 0. The topological polar surface area (TPSA) is 78.6 Å². The number of esters is 2. The Balaban J connectivity index is 2.76. The van der Waals surface area contributed by atoms with Crippen LogP contribution in [0.3, 0.4) is 0 Å². The quantitative estimate of drug-likeness (QED) is 0.494. The van der Waals surface area contributed by atoms with Crippen molar-refractivity contribution in [3.05, 3.63) is 41.5 Å². The summed E-state index contributed by atoms with van der Waals surface area (Å²) in [6.45, 7) is 4.15. The number of rotatable bonds is 6. The molecule has 0 spiro atoms. The summed E-state index contributed by atoms with van der Waals surface area (Å²) < 4.78 is 9.57. The van der Waals surface area contributed by atoms with Gasteiger partial charge in [0.05, 0.1) is 13.2 Å². The number of ether oxygens (including phenoxy) is 2. The van der Waals surface area contributed by atoms with Crippen molar-refractivity contribution in [2.75, 3.05) is 18.9 Å². The highest BCUT2D eigenvalue weighted by Gasteiger charge is 2.00. The number of carbonyl (C=O) groups excluding carboxylic acids is 2. The van der Waals surface area contributed by atoms with Crippen LogP contribution in [0.2, 0.25) is 0 Å². The largest absolute Gasteiger partial charge is 0.463 e. The molecular formula is C16H19NO4. The molecule has 0 aliphatic heterocycles. The van der Waals surface area contributed by atoms with Crippen LogP contribution in [-0.2, 0) is 19.1 Å². The number of hydrogen-bond acceptors (Lipinski definition) is 5. The van der Waals surface area contributed by atoms with Crippen molar-refractivity contribution < 1.29 is 19.1 Å². The van der Waals surface area contributed by atoms with Crippen LogP contribution in [-0.4, -0.2) is 25.2 Å². The van der Waals surface area contributed by atoms with E-state index in [1.807, 2.05) is 0 Å². The predicted molar refractivity (Wildman–Crippen MR) is 82.2 cm³/mol. The van der Waals surface area contributed by atoms with Crippen molar-refractivity contribution in [3.8, 4) is 0 Å². The van der Waals surface area contributed by atoms with Gasteiger partial charge in [0.1, 0.15) is 0 Å². The lowest BCUT2D eigenvalue weighted by molar-refractivity contribution is -0.138. The molecule has 0 amide bonds. The van der Waals surface area contributed by atoms with E-state index in [9.17, 15) is 9.59 Å². The maximum Gasteiger partial charge on any atom is 0.330 e. The smallest absolute Gasteiger partial charge is 0.330 e. The summed E-state index contributed by atoms with van der Waals surface area (Å²) in [6.07, 6.45) is 5.87. The molecule has 5 heteroatoms. The van der Waals surface area contributed by atoms with Gasteiger partial charge in [-0.3, -0.25) is 0 Å². The number of hydrogen-bond donors (Lipinski definition) is 1. The van der Waals surface area contributed by atoms with Crippen molar-refractivity contribution in [1.29, 1.82) is 0 Å². The summed E-state index contributed by atoms with van der Waals surface area (Å²) in [5.41, 5.74) is 7.87. The molecule has 0 saturated heterocycles. The molecule has 0 unspecified atom stereocenters. The van der Waals surface area contributed by atoms with Crippen LogP contribution in [0, 0.1) is 0 Å². The molecule has 21 heavy (non-hydrogen) atoms. The molecule has 0 saturated carbocycles. The van der Waals surface area contributed by atoms with Crippen LogP contribution in [0.25, 0.3) is 12.2 Å². The molecule has 1 aromatic rings. The number of anilines is 1. The Bertz CT molecular complexity index is 561. The second-order valence-electron chi connectivity index (χ2n) is 4.06. The van der Waals surface area contributed by atoms with E-state index < -0.39 is 11.9 Å². The SMILES string of the molecule is CCOC(=O)/C=C/c1ccc(/C=C/C(=O)OCC)c(N)c1. The molecule has 0 bridgehead atoms. The van der Waals surface area contributed by atoms with E-state index in [-0.39, 0.29) is 0 Å². The molecule has 5 nitrogen and oxygen atoms in total. The van der Waals surface area contributed by atoms with Crippen LogP contribution in [0.1, 0.15) is 25.0 Å². The van der Waals surface area contributed by atoms with Crippen LogP contribution in [0.5, 0.6) is 0 Å². The number of nitrogen functional groups attached to an aromatic ring is 1. The van der Waals surface area contributed by atoms with Crippen molar-refractivity contribution in [3.63, 3.8) is 0 Å². The summed E-state index contributed by atoms with van der Waals surface area (Å²) >= 11 is 0. The maximum absolute atomic E-state index is 11.2. The number of benzene rings is 1. The Morgan fingerprint density at radius 3 is 2.14 bits per heavy atom. The third-order valence-corrected chi connectivity index (χ3v) is 2.49. The Kier molecular flexibility index (Phi) is 6.74. The van der Waals surface area contributed by atoms with Crippen molar-refractivity contribution in [2.45, 2.75) is 13.8 Å². The van der Waals surface area contributed by atoms with Gasteiger partial charge in [0, 0.05) is 17.8 Å². The molecule has 0 aliphatic carbocycles. The van der Waals surface area contributed by atoms with Crippen molar-refractivity contribution >= 4 is 29.8 Å². The fraction of sp³-hybridized carbons (Fsp3) is 0.250. The van der Waals surface area contributed by atoms with E-state index in [4.69, 9.17) is 15.2 Å². The third-order valence-electron chi connectivity index (χ3n) is 2.49. The molecule has 0 aromatic heterocycles. The van der Waals surface area contributed by atoms with Crippen molar-refractivity contribution in [1.82, 2.24) is 0 Å². The van der Waals surface area contributed by atoms with E-state index >= 15 is 0 Å². The molecule has 0 fully saturated rings. The van der Waals surface area contributed by atoms with Gasteiger partial charge in [-0.15, -0.1) is 0 Å². The van der Waals surface area contributed by atoms with Crippen LogP contribution in [0.4, 0.5) is 5.69 Å². The van der Waals surface area contributed by atoms with Gasteiger partial charge in [0.15, 0.2) is 0 Å². The highest BCUT2D eigenvalue weighted by atomic mass is 16.5. The van der Waals surface area contributed by atoms with Gasteiger partial charge in [-0.1, -0.05) is 12.1 Å². The van der Waals surface area contributed by atoms with Crippen LogP contribution >= 0.6 is 0 Å². The average Bonchev–Trinajstić information content (AvgIpc) is 2.45. The Morgan fingerprint density at radius 2 is 1.62 bits per heavy atom. The van der Waals surface area contributed by atoms with E-state index in [1.54, 1.807) is 44.2 Å². The molecule has 1 aromatic carbocycles. The third kappa shape index (κ3) is 5.95. The maximum atomic E-state index is 11.2. The molecule has 0 aliphatic rings. The molecule has 2 N–H and O–H groups in total. The predicted octanol–water partition coefficient (Wildman–Crippen LogP) is 2.42. The van der Waals surface area contributed by atoms with Crippen LogP contribution in [0.15, 0.2) is 30.4 Å². The minimum Gasteiger partial charge on any atom is -0.463 e. The Hall–Kier alpha value is -2.56. The average molecular weight is 289 g/mol. The van der Waals surface area contributed by atoms with Gasteiger partial charge < -0.3 is 15.2 Å². The monoisotopic (exact) mass is 289 g/mol. The normalized spacial score (nSPS) is 11.0. The van der Waals surface area contributed by atoms with E-state index in [1.165, 1.54) is 12.2 Å². The first kappa shape index (κ1) is 16.5. The molecule has 0 radical (unpaired) electrons. The standard InChI is InChI=1S/C16H19NO4/c1-3-20-15(18)9-6-12-5-7-13(14(17)11-12)8-10-16(19)21-4-2/h5-11H,3-4,17H2,1-2H3/b9-6+,10-8+. The lowest BCUT2D eigenvalue weighted by Gasteiger charge is -2.02. The van der Waals surface area contributed by atoms with Gasteiger partial charge in [-0.25, -0.2) is 9.59 Å². The fourth-order valence-corrected chi connectivity index (χ4v) is 1.55. The van der Waals surface area contributed by atoms with E-state index in [2.05, 4.69) is 0 Å². The first-order valence-electron chi connectivity index (χ1n) is 6.66. The van der Waals surface area contributed by atoms with Gasteiger partial charge in [0.2, 0.25) is 0 Å². The molecule has 1 rings (SSSR count). The fourth-order valence-electron chi connectivity index (χ4n) is 1.55. The first-order valence-corrected chi connectivity index (χ1v) is 6.66. The molecule has 112 valence electrons. The minimum atomic E-state index is -0.414. The highest BCUT2D eigenvalue weighted by Crippen LogP contribution is 2.17. The number of nitrogens with two attached hydrogens (primary N) is 1. The van der Waals surface area contributed by atoms with Crippen molar-refractivity contribution in [2.24, 2.45) is 0 Å². The highest BCUT2D eigenvalue weighted by molar-refractivity contribution is 5.89. The minimum absolute atomic E-state index is 0.330. The molecular weight excluding hydrogens is 270 g/mol. The summed E-state index contributed by atoms with van der Waals surface area (Å²) in [4.78, 5) is 22.4. The van der Waals surface area contributed by atoms with Gasteiger partial charge in [-0.05, 0) is 43.2 Å². The lowest BCUT2D eigenvalue weighted by atomic mass is 10.1. The summed E-state index contributed by atoms with van der Waals surface area (Å²) in [5.74, 6) is -0.814. The first-order chi connectivity index (χ1) is 10.1. The number of carbonyl (C=O) groups is 2. The zero-order valence-electron chi connectivity index (χ0n) is 12.2. The second kappa shape index (κ2) is 8.58. The van der Waals surface area contributed by atoms with E-state index in [0.29, 0.717) is 24.5 Å². The molecule has 0 heterocycles. The molecule has 0 atom stereocenters. The van der Waals surface area contributed by atoms with E-state index in [0.717, 1.165) is 5.56 Å². The zero-order valence-corrected chi connectivity index (χ0v) is 12.2. The van der Waals surface area contributed by atoms with Gasteiger partial charge >= 0.3 is 11.9 Å². The Labute approximate surface area is 124 Å². The second-order valence-corrected chi connectivity index (χ2v) is 4.06. The van der Waals surface area contributed by atoms with Crippen LogP contribution < -0.4 is 5.73 Å². The van der Waals surface area contributed by atoms with Gasteiger partial charge in [0.25, 0.3) is 0 Å². The summed E-state index contributed by atoms with van der Waals surface area (Å²) in [6, 6.07) is 5.26. The Morgan fingerprint density at radius 1 is 1.05 bits per heavy atom. The lowest BCUT2D eigenvalue weighted by Crippen LogP contribution is -1.99. The summed E-state index contributed by atoms with van der Waals surface area (Å²) in [5, 5.41) is 0. The zero-order chi connectivity index (χ0) is 15.7.